The fraction of sp³-hybridized carbons (Fsp3) is 0.588. The Morgan fingerprint density at radius 1 is 1.22 bits per heavy atom. The largest absolute Gasteiger partial charge is 0.370 e. The molecule has 10 heteroatoms. The molecule has 0 spiro atoms. The monoisotopic (exact) mass is 393 g/mol. The van der Waals surface area contributed by atoms with E-state index in [-0.39, 0.29) is 17.5 Å². The first-order valence-corrected chi connectivity index (χ1v) is 10.7. The van der Waals surface area contributed by atoms with E-state index in [1.165, 1.54) is 19.0 Å². The standard InChI is InChI=1S/C17H27N7O2S/c1-13(2)17-21-16(12-23(17)3)27(25,26)20-7-6-18-15-10-14(11-19-22-15)24-8-4-5-9-24/h10-13,20H,4-9H2,1-3H3,(H,18,22). The van der Waals surface area contributed by atoms with Gasteiger partial charge in [-0.2, -0.15) is 5.10 Å². The van der Waals surface area contributed by atoms with Crippen LogP contribution < -0.4 is 14.9 Å². The maximum atomic E-state index is 12.4. The van der Waals surface area contributed by atoms with E-state index >= 15 is 0 Å². The van der Waals surface area contributed by atoms with E-state index in [9.17, 15) is 8.42 Å². The lowest BCUT2D eigenvalue weighted by atomic mass is 10.2. The number of hydrogen-bond acceptors (Lipinski definition) is 7. The number of nitrogens with one attached hydrogen (secondary N) is 2. The third-order valence-corrected chi connectivity index (χ3v) is 5.85. The number of anilines is 2. The second-order valence-corrected chi connectivity index (χ2v) is 8.73. The van der Waals surface area contributed by atoms with E-state index in [0.29, 0.717) is 12.4 Å². The summed E-state index contributed by atoms with van der Waals surface area (Å²) >= 11 is 0. The first-order chi connectivity index (χ1) is 12.9. The van der Waals surface area contributed by atoms with Crippen LogP contribution in [0.2, 0.25) is 0 Å². The summed E-state index contributed by atoms with van der Waals surface area (Å²) in [7, 11) is -1.84. The van der Waals surface area contributed by atoms with Crippen molar-refractivity contribution in [2.75, 3.05) is 36.4 Å². The molecule has 2 aromatic rings. The first-order valence-electron chi connectivity index (χ1n) is 9.21. The van der Waals surface area contributed by atoms with E-state index in [4.69, 9.17) is 0 Å². The van der Waals surface area contributed by atoms with Gasteiger partial charge in [-0.15, -0.1) is 5.10 Å². The Morgan fingerprint density at radius 3 is 2.63 bits per heavy atom. The molecular formula is C17H27N7O2S. The van der Waals surface area contributed by atoms with Crippen LogP contribution in [0.25, 0.3) is 0 Å². The molecule has 0 aliphatic carbocycles. The quantitative estimate of drug-likeness (QED) is 0.652. The van der Waals surface area contributed by atoms with E-state index in [1.54, 1.807) is 17.8 Å². The summed E-state index contributed by atoms with van der Waals surface area (Å²) in [6, 6.07) is 1.94. The predicted molar refractivity (Wildman–Crippen MR) is 104 cm³/mol. The van der Waals surface area contributed by atoms with Gasteiger partial charge < -0.3 is 14.8 Å². The molecule has 0 amide bonds. The van der Waals surface area contributed by atoms with E-state index in [0.717, 1.165) is 24.6 Å². The van der Waals surface area contributed by atoms with Crippen molar-refractivity contribution in [3.63, 3.8) is 0 Å². The van der Waals surface area contributed by atoms with Crippen LogP contribution in [-0.2, 0) is 17.1 Å². The van der Waals surface area contributed by atoms with Crippen LogP contribution in [0.1, 0.15) is 38.4 Å². The molecule has 0 saturated carbocycles. The lowest BCUT2D eigenvalue weighted by Crippen LogP contribution is -2.29. The van der Waals surface area contributed by atoms with Crippen molar-refractivity contribution < 1.29 is 8.42 Å². The zero-order valence-electron chi connectivity index (χ0n) is 16.0. The lowest BCUT2D eigenvalue weighted by molar-refractivity contribution is 0.579. The number of hydrogen-bond donors (Lipinski definition) is 2. The van der Waals surface area contributed by atoms with E-state index < -0.39 is 10.0 Å². The molecule has 1 aliphatic heterocycles. The minimum absolute atomic E-state index is 0.0459. The molecule has 2 aromatic heterocycles. The fourth-order valence-electron chi connectivity index (χ4n) is 3.16. The number of aromatic nitrogens is 4. The highest BCUT2D eigenvalue weighted by Gasteiger charge is 2.20. The van der Waals surface area contributed by atoms with Gasteiger partial charge in [0.1, 0.15) is 5.82 Å². The maximum absolute atomic E-state index is 12.4. The summed E-state index contributed by atoms with van der Waals surface area (Å²) in [6.07, 6.45) is 5.68. The average molecular weight is 394 g/mol. The second kappa shape index (κ2) is 8.22. The Hall–Kier alpha value is -2.20. The molecule has 3 rings (SSSR count). The minimum atomic E-state index is -3.64. The van der Waals surface area contributed by atoms with Crippen LogP contribution in [-0.4, -0.2) is 54.3 Å². The van der Waals surface area contributed by atoms with Gasteiger partial charge in [0.25, 0.3) is 10.0 Å². The maximum Gasteiger partial charge on any atom is 0.259 e. The molecular weight excluding hydrogens is 366 g/mol. The minimum Gasteiger partial charge on any atom is -0.370 e. The van der Waals surface area contributed by atoms with E-state index in [1.807, 2.05) is 19.9 Å². The molecule has 148 valence electrons. The van der Waals surface area contributed by atoms with Gasteiger partial charge in [0.15, 0.2) is 10.8 Å². The number of rotatable bonds is 8. The van der Waals surface area contributed by atoms with Gasteiger partial charge >= 0.3 is 0 Å². The van der Waals surface area contributed by atoms with Crippen molar-refractivity contribution in [1.29, 1.82) is 0 Å². The highest BCUT2D eigenvalue weighted by atomic mass is 32.2. The van der Waals surface area contributed by atoms with Crippen LogP contribution in [0.4, 0.5) is 11.5 Å². The zero-order chi connectivity index (χ0) is 19.4. The average Bonchev–Trinajstić information content (AvgIpc) is 3.29. The Morgan fingerprint density at radius 2 is 1.96 bits per heavy atom. The van der Waals surface area contributed by atoms with Gasteiger partial charge in [-0.3, -0.25) is 0 Å². The third-order valence-electron chi connectivity index (χ3n) is 4.52. The van der Waals surface area contributed by atoms with Crippen molar-refractivity contribution in [2.24, 2.45) is 7.05 Å². The van der Waals surface area contributed by atoms with E-state index in [2.05, 4.69) is 30.1 Å². The van der Waals surface area contributed by atoms with Gasteiger partial charge in [-0.05, 0) is 12.8 Å². The first kappa shape index (κ1) is 19.6. The van der Waals surface area contributed by atoms with Crippen molar-refractivity contribution >= 4 is 21.5 Å². The van der Waals surface area contributed by atoms with Crippen LogP contribution in [0.15, 0.2) is 23.5 Å². The van der Waals surface area contributed by atoms with Crippen LogP contribution in [0, 0.1) is 0 Å². The van der Waals surface area contributed by atoms with Gasteiger partial charge in [0.05, 0.1) is 11.9 Å². The van der Waals surface area contributed by atoms with Crippen LogP contribution >= 0.6 is 0 Å². The van der Waals surface area contributed by atoms with Gasteiger partial charge in [0, 0.05) is 51.4 Å². The van der Waals surface area contributed by atoms with Gasteiger partial charge in [-0.1, -0.05) is 13.8 Å². The van der Waals surface area contributed by atoms with Gasteiger partial charge in [-0.25, -0.2) is 18.1 Å². The summed E-state index contributed by atoms with van der Waals surface area (Å²) in [5.41, 5.74) is 1.04. The Labute approximate surface area is 160 Å². The van der Waals surface area contributed by atoms with Crippen molar-refractivity contribution in [2.45, 2.75) is 37.6 Å². The molecule has 0 aromatic carbocycles. The summed E-state index contributed by atoms with van der Waals surface area (Å²) < 4.78 is 29.1. The molecule has 9 nitrogen and oxygen atoms in total. The zero-order valence-corrected chi connectivity index (χ0v) is 16.8. The molecule has 0 radical (unpaired) electrons. The van der Waals surface area contributed by atoms with Gasteiger partial charge in [0.2, 0.25) is 0 Å². The number of nitrogens with zero attached hydrogens (tertiary/aromatic N) is 5. The van der Waals surface area contributed by atoms with Crippen molar-refractivity contribution in [3.8, 4) is 0 Å². The molecule has 3 heterocycles. The molecule has 1 fully saturated rings. The fourth-order valence-corrected chi connectivity index (χ4v) is 4.19. The summed E-state index contributed by atoms with van der Waals surface area (Å²) in [5.74, 6) is 1.53. The second-order valence-electron chi connectivity index (χ2n) is 7.02. The normalized spacial score (nSPS) is 14.9. The molecule has 0 unspecified atom stereocenters. The number of imidazole rings is 1. The van der Waals surface area contributed by atoms with Crippen molar-refractivity contribution in [1.82, 2.24) is 24.5 Å². The smallest absolute Gasteiger partial charge is 0.259 e. The third kappa shape index (κ3) is 4.75. The highest BCUT2D eigenvalue weighted by molar-refractivity contribution is 7.89. The van der Waals surface area contributed by atoms with Crippen molar-refractivity contribution in [3.05, 3.63) is 24.3 Å². The lowest BCUT2D eigenvalue weighted by Gasteiger charge is -2.17. The summed E-state index contributed by atoms with van der Waals surface area (Å²) in [5, 5.41) is 11.2. The SMILES string of the molecule is CC(C)c1nc(S(=O)(=O)NCCNc2cc(N3CCCC3)cnn2)cn1C. The topological polar surface area (TPSA) is 105 Å². The Balaban J connectivity index is 1.53. The number of aryl methyl sites for hydroxylation is 1. The molecule has 2 N–H and O–H groups in total. The molecule has 1 saturated heterocycles. The Kier molecular flexibility index (Phi) is 5.95. The predicted octanol–water partition coefficient (Wildman–Crippen LogP) is 1.32. The highest BCUT2D eigenvalue weighted by Crippen LogP contribution is 2.20. The summed E-state index contributed by atoms with van der Waals surface area (Å²) in [4.78, 5) is 6.51. The molecule has 1 aliphatic rings. The summed E-state index contributed by atoms with van der Waals surface area (Å²) in [6.45, 7) is 6.66. The van der Waals surface area contributed by atoms with Crippen LogP contribution in [0.3, 0.4) is 0 Å². The molecule has 0 bridgehead atoms. The Bertz CT molecular complexity index is 873. The molecule has 27 heavy (non-hydrogen) atoms. The molecule has 0 atom stereocenters. The van der Waals surface area contributed by atoms with Crippen LogP contribution in [0.5, 0.6) is 0 Å². The number of sulfonamides is 1.